The molecule has 2 aromatic carbocycles. The largest absolute Gasteiger partial charge is 0.398 e. The van der Waals surface area contributed by atoms with Crippen molar-refractivity contribution in [3.8, 4) is 0 Å². The van der Waals surface area contributed by atoms with Gasteiger partial charge in [0.15, 0.2) is 0 Å². The van der Waals surface area contributed by atoms with E-state index in [-0.39, 0.29) is 5.91 Å². The van der Waals surface area contributed by atoms with Crippen LogP contribution in [0.25, 0.3) is 0 Å². The zero-order valence-electron chi connectivity index (χ0n) is 10.9. The first kappa shape index (κ1) is 14.9. The van der Waals surface area contributed by atoms with Crippen LogP contribution in [0.5, 0.6) is 0 Å². The normalized spacial score (nSPS) is 10.3. The van der Waals surface area contributed by atoms with Gasteiger partial charge in [-0.3, -0.25) is 4.79 Å². The molecule has 0 aliphatic heterocycles. The van der Waals surface area contributed by atoms with E-state index in [0.717, 1.165) is 10.0 Å². The van der Waals surface area contributed by atoms with Crippen molar-refractivity contribution in [2.24, 2.45) is 0 Å². The minimum absolute atomic E-state index is 0.0868. The summed E-state index contributed by atoms with van der Waals surface area (Å²) in [6, 6.07) is 12.8. The highest BCUT2D eigenvalue weighted by molar-refractivity contribution is 9.10. The number of amides is 1. The van der Waals surface area contributed by atoms with E-state index < -0.39 is 0 Å². The van der Waals surface area contributed by atoms with Crippen molar-refractivity contribution >= 4 is 39.1 Å². The van der Waals surface area contributed by atoms with Crippen molar-refractivity contribution in [3.63, 3.8) is 0 Å². The van der Waals surface area contributed by atoms with Crippen LogP contribution in [0.3, 0.4) is 0 Å². The number of carbonyl (C=O) groups is 1. The summed E-state index contributed by atoms with van der Waals surface area (Å²) in [5, 5.41) is 0.456. The molecule has 5 heteroatoms. The predicted molar refractivity (Wildman–Crippen MR) is 85.8 cm³/mol. The molecule has 0 saturated heterocycles. The monoisotopic (exact) mass is 352 g/mol. The van der Waals surface area contributed by atoms with E-state index in [1.165, 1.54) is 0 Å². The van der Waals surface area contributed by atoms with Gasteiger partial charge in [0.05, 0.1) is 10.7 Å². The molecule has 0 unspecified atom stereocenters. The molecule has 0 saturated carbocycles. The first-order valence-corrected chi connectivity index (χ1v) is 7.19. The van der Waals surface area contributed by atoms with Crippen molar-refractivity contribution < 1.29 is 4.79 Å². The average molecular weight is 354 g/mol. The summed E-state index contributed by atoms with van der Waals surface area (Å²) in [5.41, 5.74) is 7.73. The zero-order chi connectivity index (χ0) is 14.7. The van der Waals surface area contributed by atoms with E-state index >= 15 is 0 Å². The van der Waals surface area contributed by atoms with Crippen molar-refractivity contribution in [1.82, 2.24) is 4.90 Å². The smallest absolute Gasteiger partial charge is 0.253 e. The number of hydrogen-bond acceptors (Lipinski definition) is 2. The third-order valence-corrected chi connectivity index (χ3v) is 3.80. The molecule has 0 atom stereocenters. The summed E-state index contributed by atoms with van der Waals surface area (Å²) >= 11 is 9.24. The molecule has 0 aromatic heterocycles. The summed E-state index contributed by atoms with van der Waals surface area (Å²) in [4.78, 5) is 13.9. The van der Waals surface area contributed by atoms with Crippen molar-refractivity contribution in [2.75, 3.05) is 12.8 Å². The number of nitrogen functional groups attached to an aromatic ring is 1. The Labute approximate surface area is 131 Å². The lowest BCUT2D eigenvalue weighted by Crippen LogP contribution is -2.26. The Morgan fingerprint density at radius 3 is 2.50 bits per heavy atom. The minimum Gasteiger partial charge on any atom is -0.398 e. The van der Waals surface area contributed by atoms with Crippen LogP contribution in [-0.2, 0) is 6.54 Å². The Hall–Kier alpha value is -1.52. The van der Waals surface area contributed by atoms with Gasteiger partial charge in [0.2, 0.25) is 0 Å². The molecule has 0 fully saturated rings. The maximum atomic E-state index is 12.3. The number of hydrogen-bond donors (Lipinski definition) is 1. The molecular formula is C15H14BrClN2O. The van der Waals surface area contributed by atoms with Crippen LogP contribution in [0.2, 0.25) is 5.02 Å². The molecule has 0 aliphatic rings. The van der Waals surface area contributed by atoms with Crippen molar-refractivity contribution in [1.29, 1.82) is 0 Å². The molecule has 2 N–H and O–H groups in total. The van der Waals surface area contributed by atoms with Gasteiger partial charge < -0.3 is 10.6 Å². The number of nitrogens with zero attached hydrogens (tertiary/aromatic N) is 1. The van der Waals surface area contributed by atoms with E-state index in [4.69, 9.17) is 17.3 Å². The van der Waals surface area contributed by atoms with Crippen LogP contribution >= 0.6 is 27.5 Å². The van der Waals surface area contributed by atoms with Crippen molar-refractivity contribution in [3.05, 3.63) is 63.1 Å². The van der Waals surface area contributed by atoms with Crippen LogP contribution in [0.15, 0.2) is 46.9 Å². The molecule has 1 amide bonds. The van der Waals surface area contributed by atoms with Crippen LogP contribution < -0.4 is 5.73 Å². The van der Waals surface area contributed by atoms with E-state index in [1.54, 1.807) is 30.1 Å². The fraction of sp³-hybridized carbons (Fsp3) is 0.133. The van der Waals surface area contributed by atoms with E-state index in [1.807, 2.05) is 24.3 Å². The Bertz CT molecular complexity index is 628. The van der Waals surface area contributed by atoms with Gasteiger partial charge >= 0.3 is 0 Å². The SMILES string of the molecule is CN(Cc1ccc(Br)cc1)C(=O)c1ccc(Cl)c(N)c1. The third-order valence-electron chi connectivity index (χ3n) is 2.92. The van der Waals surface area contributed by atoms with Crippen LogP contribution in [-0.4, -0.2) is 17.9 Å². The number of benzene rings is 2. The Morgan fingerprint density at radius 1 is 1.25 bits per heavy atom. The van der Waals surface area contributed by atoms with Gasteiger partial charge in [0.1, 0.15) is 0 Å². The number of nitrogens with two attached hydrogens (primary N) is 1. The first-order chi connectivity index (χ1) is 9.47. The fourth-order valence-electron chi connectivity index (χ4n) is 1.83. The standard InChI is InChI=1S/C15H14BrClN2O/c1-19(9-10-2-5-12(16)6-3-10)15(20)11-4-7-13(17)14(18)8-11/h2-8H,9,18H2,1H3. The molecule has 0 heterocycles. The summed E-state index contributed by atoms with van der Waals surface area (Å²) in [6.45, 7) is 0.536. The van der Waals surface area contributed by atoms with Crippen LogP contribution in [0.4, 0.5) is 5.69 Å². The summed E-state index contributed by atoms with van der Waals surface area (Å²) in [7, 11) is 1.76. The highest BCUT2D eigenvalue weighted by atomic mass is 79.9. The van der Waals surface area contributed by atoms with Crippen LogP contribution in [0, 0.1) is 0 Å². The first-order valence-electron chi connectivity index (χ1n) is 6.02. The van der Waals surface area contributed by atoms with Gasteiger partial charge in [-0.1, -0.05) is 39.7 Å². The number of carbonyl (C=O) groups excluding carboxylic acids is 1. The predicted octanol–water partition coefficient (Wildman–Crippen LogP) is 3.96. The number of anilines is 1. The van der Waals surface area contributed by atoms with Gasteiger partial charge in [-0.25, -0.2) is 0 Å². The van der Waals surface area contributed by atoms with Gasteiger partial charge in [0, 0.05) is 23.6 Å². The van der Waals surface area contributed by atoms with Gasteiger partial charge in [-0.2, -0.15) is 0 Å². The lowest BCUT2D eigenvalue weighted by Gasteiger charge is -2.17. The molecular weight excluding hydrogens is 340 g/mol. The van der Waals surface area contributed by atoms with Crippen molar-refractivity contribution in [2.45, 2.75) is 6.54 Å². The molecule has 0 bridgehead atoms. The van der Waals surface area contributed by atoms with Gasteiger partial charge in [-0.15, -0.1) is 0 Å². The maximum absolute atomic E-state index is 12.3. The number of halogens is 2. The molecule has 104 valence electrons. The molecule has 0 aliphatic carbocycles. The second-order valence-electron chi connectivity index (χ2n) is 4.52. The topological polar surface area (TPSA) is 46.3 Å². The van der Waals surface area contributed by atoms with Gasteiger partial charge in [0.25, 0.3) is 5.91 Å². The Kier molecular flexibility index (Phi) is 4.68. The quantitative estimate of drug-likeness (QED) is 0.849. The number of rotatable bonds is 3. The zero-order valence-corrected chi connectivity index (χ0v) is 13.3. The lowest BCUT2D eigenvalue weighted by molar-refractivity contribution is 0.0785. The highest BCUT2D eigenvalue weighted by Gasteiger charge is 2.13. The second-order valence-corrected chi connectivity index (χ2v) is 5.85. The minimum atomic E-state index is -0.0868. The molecule has 20 heavy (non-hydrogen) atoms. The molecule has 0 radical (unpaired) electrons. The lowest BCUT2D eigenvalue weighted by atomic mass is 10.1. The van der Waals surface area contributed by atoms with E-state index in [9.17, 15) is 4.79 Å². The third kappa shape index (κ3) is 3.52. The van der Waals surface area contributed by atoms with E-state index in [2.05, 4.69) is 15.9 Å². The average Bonchev–Trinajstić information content (AvgIpc) is 2.43. The highest BCUT2D eigenvalue weighted by Crippen LogP contribution is 2.20. The fourth-order valence-corrected chi connectivity index (χ4v) is 2.21. The summed E-state index contributed by atoms with van der Waals surface area (Å²) in [6.07, 6.45) is 0. The van der Waals surface area contributed by atoms with E-state index in [0.29, 0.717) is 22.8 Å². The summed E-state index contributed by atoms with van der Waals surface area (Å²) in [5.74, 6) is -0.0868. The molecule has 3 nitrogen and oxygen atoms in total. The molecule has 0 spiro atoms. The second kappa shape index (κ2) is 6.29. The van der Waals surface area contributed by atoms with Crippen LogP contribution in [0.1, 0.15) is 15.9 Å². The molecule has 2 rings (SSSR count). The Balaban J connectivity index is 2.11. The Morgan fingerprint density at radius 2 is 1.90 bits per heavy atom. The molecule has 2 aromatic rings. The van der Waals surface area contributed by atoms with Gasteiger partial charge in [-0.05, 0) is 35.9 Å². The summed E-state index contributed by atoms with van der Waals surface area (Å²) < 4.78 is 1.01. The maximum Gasteiger partial charge on any atom is 0.253 e.